The number of ether oxygens (including phenoxy) is 2. The van der Waals surface area contributed by atoms with E-state index in [4.69, 9.17) is 9.47 Å². The topological polar surface area (TPSA) is 73.1 Å². The molecule has 0 bridgehead atoms. The second-order valence-electron chi connectivity index (χ2n) is 7.47. The fourth-order valence-electron chi connectivity index (χ4n) is 3.75. The van der Waals surface area contributed by atoms with Gasteiger partial charge < -0.3 is 18.9 Å². The lowest BCUT2D eigenvalue weighted by Crippen LogP contribution is -2.42. The average Bonchev–Trinajstić information content (AvgIpc) is 3.15. The number of methoxy groups -OCH3 is 1. The summed E-state index contributed by atoms with van der Waals surface area (Å²) in [6.07, 6.45) is 3.77. The molecule has 1 aliphatic rings. The van der Waals surface area contributed by atoms with Crippen molar-refractivity contribution in [2.24, 2.45) is 4.99 Å². The fraction of sp³-hybridized carbons (Fsp3) is 0.292. The number of rotatable bonds is 5. The van der Waals surface area contributed by atoms with Gasteiger partial charge in [0.15, 0.2) is 0 Å². The molecule has 1 amide bonds. The molecule has 0 aliphatic carbocycles. The summed E-state index contributed by atoms with van der Waals surface area (Å²) >= 11 is 0. The summed E-state index contributed by atoms with van der Waals surface area (Å²) in [5.74, 6) is -0.284. The normalized spacial score (nSPS) is 14.3. The molecule has 1 aliphatic heterocycles. The van der Waals surface area contributed by atoms with Crippen molar-refractivity contribution in [3.63, 3.8) is 0 Å². The van der Waals surface area contributed by atoms with E-state index in [2.05, 4.69) is 4.99 Å². The van der Waals surface area contributed by atoms with Crippen LogP contribution >= 0.6 is 0 Å². The number of benzene rings is 2. The summed E-state index contributed by atoms with van der Waals surface area (Å²) in [6.45, 7) is 4.62. The highest BCUT2D eigenvalue weighted by Gasteiger charge is 2.18. The van der Waals surface area contributed by atoms with Crippen LogP contribution in [0.25, 0.3) is 10.9 Å². The molecule has 2 heterocycles. The van der Waals surface area contributed by atoms with Gasteiger partial charge in [0.25, 0.3) is 0 Å². The molecule has 31 heavy (non-hydrogen) atoms. The van der Waals surface area contributed by atoms with Gasteiger partial charge in [0.05, 0.1) is 31.6 Å². The summed E-state index contributed by atoms with van der Waals surface area (Å²) in [6, 6.07) is 13.3. The first-order valence-corrected chi connectivity index (χ1v) is 10.2. The number of nitrogens with zero attached hydrogens (tertiary/aromatic N) is 3. The summed E-state index contributed by atoms with van der Waals surface area (Å²) in [7, 11) is 1.36. The maximum atomic E-state index is 12.7. The molecule has 0 radical (unpaired) electrons. The predicted molar refractivity (Wildman–Crippen MR) is 119 cm³/mol. The van der Waals surface area contributed by atoms with Crippen LogP contribution in [0.3, 0.4) is 0 Å². The van der Waals surface area contributed by atoms with Crippen LogP contribution in [0.5, 0.6) is 0 Å². The molecule has 0 N–H and O–H groups in total. The predicted octanol–water partition coefficient (Wildman–Crippen LogP) is 3.35. The Morgan fingerprint density at radius 2 is 1.94 bits per heavy atom. The first-order valence-electron chi connectivity index (χ1n) is 10.2. The average molecular weight is 419 g/mol. The zero-order chi connectivity index (χ0) is 21.8. The van der Waals surface area contributed by atoms with Crippen LogP contribution in [0.1, 0.15) is 21.5 Å². The zero-order valence-corrected chi connectivity index (χ0v) is 17.7. The molecule has 160 valence electrons. The lowest BCUT2D eigenvalue weighted by atomic mass is 10.1. The number of hydrogen-bond donors (Lipinski definition) is 0. The van der Waals surface area contributed by atoms with Crippen molar-refractivity contribution in [2.45, 2.75) is 13.5 Å². The quantitative estimate of drug-likeness (QED) is 0.470. The van der Waals surface area contributed by atoms with Crippen molar-refractivity contribution < 1.29 is 19.1 Å². The second kappa shape index (κ2) is 9.14. The van der Waals surface area contributed by atoms with Crippen molar-refractivity contribution >= 4 is 34.7 Å². The van der Waals surface area contributed by atoms with Crippen LogP contribution in [0.4, 0.5) is 5.69 Å². The van der Waals surface area contributed by atoms with Gasteiger partial charge >= 0.3 is 5.97 Å². The smallest absolute Gasteiger partial charge is 0.337 e. The monoisotopic (exact) mass is 419 g/mol. The van der Waals surface area contributed by atoms with Gasteiger partial charge in [0, 0.05) is 42.0 Å². The Bertz CT molecular complexity index is 1140. The van der Waals surface area contributed by atoms with Crippen molar-refractivity contribution in [3.8, 4) is 0 Å². The van der Waals surface area contributed by atoms with Crippen LogP contribution in [0.15, 0.2) is 53.7 Å². The third-order valence-electron chi connectivity index (χ3n) is 5.45. The van der Waals surface area contributed by atoms with Crippen LogP contribution < -0.4 is 0 Å². The molecular formula is C24H25N3O4. The van der Waals surface area contributed by atoms with Crippen LogP contribution in [-0.2, 0) is 20.8 Å². The van der Waals surface area contributed by atoms with Gasteiger partial charge in [-0.15, -0.1) is 0 Å². The Labute approximate surface area is 180 Å². The van der Waals surface area contributed by atoms with Gasteiger partial charge in [0.2, 0.25) is 5.91 Å². The number of aromatic nitrogens is 1. The Morgan fingerprint density at radius 3 is 2.68 bits per heavy atom. The zero-order valence-electron chi connectivity index (χ0n) is 17.7. The lowest BCUT2D eigenvalue weighted by Gasteiger charge is -2.27. The Balaban J connectivity index is 1.60. The van der Waals surface area contributed by atoms with Gasteiger partial charge in [-0.3, -0.25) is 9.79 Å². The molecule has 1 fully saturated rings. The van der Waals surface area contributed by atoms with Crippen molar-refractivity contribution in [1.29, 1.82) is 0 Å². The number of carbonyl (C=O) groups is 2. The van der Waals surface area contributed by atoms with E-state index in [0.29, 0.717) is 31.9 Å². The molecule has 0 atom stereocenters. The number of para-hydroxylation sites is 1. The number of hydrogen-bond acceptors (Lipinski definition) is 5. The number of morpholine rings is 1. The lowest BCUT2D eigenvalue weighted by molar-refractivity contribution is -0.135. The number of carbonyl (C=O) groups excluding carboxylic acids is 2. The fourth-order valence-corrected chi connectivity index (χ4v) is 3.75. The third kappa shape index (κ3) is 4.51. The summed E-state index contributed by atoms with van der Waals surface area (Å²) < 4.78 is 12.1. The van der Waals surface area contributed by atoms with E-state index in [1.807, 2.05) is 46.9 Å². The van der Waals surface area contributed by atoms with Crippen LogP contribution in [-0.4, -0.2) is 61.0 Å². The molecular weight excluding hydrogens is 394 g/mol. The van der Waals surface area contributed by atoms with E-state index in [1.54, 1.807) is 24.4 Å². The van der Waals surface area contributed by atoms with E-state index in [9.17, 15) is 9.59 Å². The Morgan fingerprint density at radius 1 is 1.16 bits per heavy atom. The van der Waals surface area contributed by atoms with E-state index >= 15 is 0 Å². The first kappa shape index (κ1) is 20.8. The van der Waals surface area contributed by atoms with E-state index in [-0.39, 0.29) is 18.4 Å². The van der Waals surface area contributed by atoms with Gasteiger partial charge in [0.1, 0.15) is 6.54 Å². The van der Waals surface area contributed by atoms with Crippen molar-refractivity contribution in [3.05, 3.63) is 65.4 Å². The van der Waals surface area contributed by atoms with E-state index < -0.39 is 0 Å². The highest BCUT2D eigenvalue weighted by atomic mass is 16.5. The molecule has 7 heteroatoms. The Hall–Kier alpha value is -3.45. The van der Waals surface area contributed by atoms with Crippen LogP contribution in [0.2, 0.25) is 0 Å². The molecule has 1 aromatic heterocycles. The molecule has 0 saturated carbocycles. The Kier molecular flexibility index (Phi) is 6.13. The number of aliphatic imine (C=N–C) groups is 1. The largest absolute Gasteiger partial charge is 0.465 e. The van der Waals surface area contributed by atoms with Gasteiger partial charge in [-0.25, -0.2) is 4.79 Å². The minimum atomic E-state index is -0.369. The van der Waals surface area contributed by atoms with Crippen molar-refractivity contribution in [2.75, 3.05) is 33.4 Å². The molecule has 0 unspecified atom stereocenters. The third-order valence-corrected chi connectivity index (χ3v) is 5.45. The molecule has 0 spiro atoms. The van der Waals surface area contributed by atoms with Crippen LogP contribution in [0, 0.1) is 6.92 Å². The minimum Gasteiger partial charge on any atom is -0.465 e. The maximum absolute atomic E-state index is 12.7. The highest BCUT2D eigenvalue weighted by molar-refractivity contribution is 6.00. The standard InChI is InChI=1S/C24H25N3O4/c1-17-13-18(24(29)30-2)7-8-21(17)25-14-19-15-27(22-6-4-3-5-20(19)22)16-23(28)26-9-11-31-12-10-26/h3-8,13-15H,9-12,16H2,1-2H3. The summed E-state index contributed by atoms with van der Waals surface area (Å²) in [5, 5.41) is 1.03. The molecule has 1 saturated heterocycles. The highest BCUT2D eigenvalue weighted by Crippen LogP contribution is 2.23. The molecule has 3 aromatic rings. The van der Waals surface area contributed by atoms with Gasteiger partial charge in [-0.1, -0.05) is 18.2 Å². The molecule has 4 rings (SSSR count). The SMILES string of the molecule is COC(=O)c1ccc(N=Cc2cn(CC(=O)N3CCOCC3)c3ccccc23)c(C)c1. The molecule has 7 nitrogen and oxygen atoms in total. The van der Waals surface area contributed by atoms with E-state index in [1.165, 1.54) is 7.11 Å². The maximum Gasteiger partial charge on any atom is 0.337 e. The summed E-state index contributed by atoms with van der Waals surface area (Å²) in [5.41, 5.74) is 4.07. The number of amides is 1. The van der Waals surface area contributed by atoms with E-state index in [0.717, 1.165) is 27.7 Å². The summed E-state index contributed by atoms with van der Waals surface area (Å²) in [4.78, 5) is 30.9. The molecule has 2 aromatic carbocycles. The number of esters is 1. The van der Waals surface area contributed by atoms with Gasteiger partial charge in [-0.2, -0.15) is 0 Å². The van der Waals surface area contributed by atoms with Gasteiger partial charge in [-0.05, 0) is 36.8 Å². The second-order valence-corrected chi connectivity index (χ2v) is 7.47. The number of fused-ring (bicyclic) bond motifs is 1. The van der Waals surface area contributed by atoms with Crippen molar-refractivity contribution in [1.82, 2.24) is 9.47 Å². The first-order chi connectivity index (χ1) is 15.1. The minimum absolute atomic E-state index is 0.0850. The number of aryl methyl sites for hydroxylation is 1.